The number of anilines is 1. The zero-order chi connectivity index (χ0) is 23.6. The molecule has 0 aromatic heterocycles. The van der Waals surface area contributed by atoms with E-state index in [1.807, 2.05) is 9.80 Å². The van der Waals surface area contributed by atoms with E-state index in [9.17, 15) is 23.1 Å². The third-order valence-corrected chi connectivity index (χ3v) is 7.40. The molecular formula is C23H29F3N4O3. The number of hydrogen-bond donors (Lipinski definition) is 1. The van der Waals surface area contributed by atoms with Gasteiger partial charge in [0.25, 0.3) is 0 Å². The van der Waals surface area contributed by atoms with Gasteiger partial charge in [0.15, 0.2) is 0 Å². The summed E-state index contributed by atoms with van der Waals surface area (Å²) in [6.45, 7) is 5.17. The Morgan fingerprint density at radius 1 is 1.21 bits per heavy atom. The SMILES string of the molecule is N#Cc1ccc(N2CCC3(CC2)CN(C(=O)CN2CCOCC2)CC3CO)cc1C(F)(F)F. The van der Waals surface area contributed by atoms with E-state index in [0.29, 0.717) is 64.5 Å². The largest absolute Gasteiger partial charge is 0.417 e. The second-order valence-corrected chi connectivity index (χ2v) is 9.23. The van der Waals surface area contributed by atoms with Crippen LogP contribution in [0.5, 0.6) is 0 Å². The number of carbonyl (C=O) groups excluding carboxylic acids is 1. The lowest BCUT2D eigenvalue weighted by atomic mass is 9.71. The summed E-state index contributed by atoms with van der Waals surface area (Å²) in [5.74, 6) is 0.0107. The minimum absolute atomic E-state index is 0.0174. The Bertz CT molecular complexity index is 903. The quantitative estimate of drug-likeness (QED) is 0.731. The lowest BCUT2D eigenvalue weighted by molar-refractivity contribution is -0.137. The van der Waals surface area contributed by atoms with Gasteiger partial charge in [0, 0.05) is 57.5 Å². The van der Waals surface area contributed by atoms with Crippen LogP contribution >= 0.6 is 0 Å². The summed E-state index contributed by atoms with van der Waals surface area (Å²) in [5, 5.41) is 19.1. The number of hydrogen-bond acceptors (Lipinski definition) is 6. The highest BCUT2D eigenvalue weighted by atomic mass is 19.4. The van der Waals surface area contributed by atoms with E-state index in [1.54, 1.807) is 12.1 Å². The molecule has 3 aliphatic heterocycles. The molecule has 1 atom stereocenters. The van der Waals surface area contributed by atoms with Crippen LogP contribution in [-0.2, 0) is 15.7 Å². The smallest absolute Gasteiger partial charge is 0.396 e. The highest BCUT2D eigenvalue weighted by molar-refractivity contribution is 5.78. The molecule has 0 saturated carbocycles. The van der Waals surface area contributed by atoms with Gasteiger partial charge in [0.2, 0.25) is 5.91 Å². The van der Waals surface area contributed by atoms with Crippen molar-refractivity contribution in [2.24, 2.45) is 11.3 Å². The number of aliphatic hydroxyl groups is 1. The van der Waals surface area contributed by atoms with Gasteiger partial charge in [-0.25, -0.2) is 0 Å². The molecule has 1 unspecified atom stereocenters. The standard InChI is InChI=1S/C23H29F3N4O3/c24-23(25,26)20-11-19(2-1-17(20)12-27)29-5-3-22(4-6-29)16-30(13-18(22)15-31)21(32)14-28-7-9-33-10-8-28/h1-2,11,18,31H,3-10,13-16H2. The zero-order valence-corrected chi connectivity index (χ0v) is 18.5. The average molecular weight is 467 g/mol. The maximum atomic E-state index is 13.4. The van der Waals surface area contributed by atoms with Crippen LogP contribution in [0.4, 0.5) is 18.9 Å². The highest BCUT2D eigenvalue weighted by Crippen LogP contribution is 2.45. The van der Waals surface area contributed by atoms with E-state index in [0.717, 1.165) is 19.2 Å². The number of likely N-dealkylation sites (tertiary alicyclic amines) is 1. The van der Waals surface area contributed by atoms with Crippen molar-refractivity contribution in [3.63, 3.8) is 0 Å². The van der Waals surface area contributed by atoms with Gasteiger partial charge < -0.3 is 19.6 Å². The summed E-state index contributed by atoms with van der Waals surface area (Å²) < 4.78 is 45.4. The predicted molar refractivity (Wildman–Crippen MR) is 114 cm³/mol. The third kappa shape index (κ3) is 4.95. The first kappa shape index (κ1) is 23.8. The fourth-order valence-electron chi connectivity index (χ4n) is 5.36. The molecule has 10 heteroatoms. The molecule has 1 aromatic carbocycles. The van der Waals surface area contributed by atoms with Crippen molar-refractivity contribution < 1.29 is 27.8 Å². The van der Waals surface area contributed by atoms with Crippen molar-refractivity contribution in [3.8, 4) is 6.07 Å². The Kier molecular flexibility index (Phi) is 6.84. The Morgan fingerprint density at radius 2 is 1.91 bits per heavy atom. The van der Waals surface area contributed by atoms with Crippen LogP contribution in [0.2, 0.25) is 0 Å². The first-order valence-electron chi connectivity index (χ1n) is 11.3. The Morgan fingerprint density at radius 3 is 2.52 bits per heavy atom. The highest BCUT2D eigenvalue weighted by Gasteiger charge is 2.49. The van der Waals surface area contributed by atoms with Crippen molar-refractivity contribution in [3.05, 3.63) is 29.3 Å². The molecule has 7 nitrogen and oxygen atoms in total. The van der Waals surface area contributed by atoms with E-state index < -0.39 is 11.7 Å². The molecule has 3 aliphatic rings. The molecule has 33 heavy (non-hydrogen) atoms. The van der Waals surface area contributed by atoms with Gasteiger partial charge in [-0.15, -0.1) is 0 Å². The third-order valence-electron chi connectivity index (χ3n) is 7.40. The van der Waals surface area contributed by atoms with Crippen molar-refractivity contribution in [2.45, 2.75) is 19.0 Å². The maximum absolute atomic E-state index is 13.4. The lowest BCUT2D eigenvalue weighted by Gasteiger charge is -2.43. The molecule has 1 N–H and O–H groups in total. The molecule has 3 fully saturated rings. The molecule has 3 saturated heterocycles. The van der Waals surface area contributed by atoms with E-state index in [-0.39, 0.29) is 29.4 Å². The number of rotatable bonds is 4. The van der Waals surface area contributed by atoms with Gasteiger partial charge in [-0.1, -0.05) is 0 Å². The van der Waals surface area contributed by atoms with Gasteiger partial charge in [0.05, 0.1) is 37.0 Å². The number of amides is 1. The molecule has 0 aliphatic carbocycles. The number of benzene rings is 1. The number of ether oxygens (including phenoxy) is 1. The maximum Gasteiger partial charge on any atom is 0.417 e. The Balaban J connectivity index is 1.42. The van der Waals surface area contributed by atoms with Gasteiger partial charge in [-0.3, -0.25) is 9.69 Å². The second kappa shape index (κ2) is 9.49. The van der Waals surface area contributed by atoms with E-state index in [1.165, 1.54) is 6.07 Å². The van der Waals surface area contributed by atoms with E-state index in [2.05, 4.69) is 4.90 Å². The van der Waals surface area contributed by atoms with Crippen molar-refractivity contribution in [2.75, 3.05) is 70.5 Å². The molecule has 1 aromatic rings. The van der Waals surface area contributed by atoms with Crippen LogP contribution < -0.4 is 4.90 Å². The molecule has 0 bridgehead atoms. The zero-order valence-electron chi connectivity index (χ0n) is 18.5. The molecule has 180 valence electrons. The number of alkyl halides is 3. The summed E-state index contributed by atoms with van der Waals surface area (Å²) in [6, 6.07) is 5.44. The topological polar surface area (TPSA) is 80.0 Å². The monoisotopic (exact) mass is 466 g/mol. The number of piperidine rings is 1. The van der Waals surface area contributed by atoms with Gasteiger partial charge in [-0.05, 0) is 36.5 Å². The summed E-state index contributed by atoms with van der Waals surface area (Å²) in [4.78, 5) is 18.7. The number of nitrogens with zero attached hydrogens (tertiary/aromatic N) is 4. The molecule has 3 heterocycles. The van der Waals surface area contributed by atoms with E-state index in [4.69, 9.17) is 10.00 Å². The van der Waals surface area contributed by atoms with Crippen LogP contribution in [0.1, 0.15) is 24.0 Å². The normalized spacial score (nSPS) is 23.7. The number of halogens is 3. The number of carbonyl (C=O) groups is 1. The summed E-state index contributed by atoms with van der Waals surface area (Å²) >= 11 is 0. The van der Waals surface area contributed by atoms with Crippen molar-refractivity contribution in [1.29, 1.82) is 5.26 Å². The minimum atomic E-state index is -4.59. The van der Waals surface area contributed by atoms with Gasteiger partial charge in [-0.2, -0.15) is 18.4 Å². The number of nitriles is 1. The lowest BCUT2D eigenvalue weighted by Crippen LogP contribution is -2.46. The van der Waals surface area contributed by atoms with Crippen LogP contribution in [0.15, 0.2) is 18.2 Å². The molecular weight excluding hydrogens is 437 g/mol. The molecule has 4 rings (SSSR count). The predicted octanol–water partition coefficient (Wildman–Crippen LogP) is 1.95. The second-order valence-electron chi connectivity index (χ2n) is 9.23. The number of aliphatic hydroxyl groups excluding tert-OH is 1. The minimum Gasteiger partial charge on any atom is -0.396 e. The van der Waals surface area contributed by atoms with Gasteiger partial charge >= 0.3 is 6.18 Å². The summed E-state index contributed by atoms with van der Waals surface area (Å²) in [7, 11) is 0. The van der Waals surface area contributed by atoms with Gasteiger partial charge in [0.1, 0.15) is 0 Å². The fourth-order valence-corrected chi connectivity index (χ4v) is 5.36. The van der Waals surface area contributed by atoms with Crippen LogP contribution in [0.3, 0.4) is 0 Å². The molecule has 1 spiro atoms. The number of morpholine rings is 1. The van der Waals surface area contributed by atoms with Crippen LogP contribution in [-0.4, -0.2) is 86.4 Å². The first-order valence-corrected chi connectivity index (χ1v) is 11.3. The fraction of sp³-hybridized carbons (Fsp3) is 0.652. The Labute approximate surface area is 191 Å². The van der Waals surface area contributed by atoms with Crippen molar-refractivity contribution >= 4 is 11.6 Å². The van der Waals surface area contributed by atoms with Crippen LogP contribution in [0.25, 0.3) is 0 Å². The molecule has 0 radical (unpaired) electrons. The van der Waals surface area contributed by atoms with Crippen LogP contribution in [0, 0.1) is 22.7 Å². The Hall–Kier alpha value is -2.35. The van der Waals surface area contributed by atoms with Crippen molar-refractivity contribution in [1.82, 2.24) is 9.80 Å². The summed E-state index contributed by atoms with van der Waals surface area (Å²) in [5.41, 5.74) is -1.09. The average Bonchev–Trinajstić information content (AvgIpc) is 3.17. The first-order chi connectivity index (χ1) is 15.8. The van der Waals surface area contributed by atoms with E-state index >= 15 is 0 Å². The molecule has 1 amide bonds. The summed E-state index contributed by atoms with van der Waals surface area (Å²) in [6.07, 6.45) is -3.23.